The number of benzene rings is 1. The summed E-state index contributed by atoms with van der Waals surface area (Å²) in [5.41, 5.74) is 2.17. The molecular formula is C17H24N2O4. The highest BCUT2D eigenvalue weighted by Gasteiger charge is 2.27. The Hall–Kier alpha value is -2.08. The summed E-state index contributed by atoms with van der Waals surface area (Å²) >= 11 is 0. The summed E-state index contributed by atoms with van der Waals surface area (Å²) in [6.07, 6.45) is 0. The fourth-order valence-corrected chi connectivity index (χ4v) is 2.63. The second-order valence-corrected chi connectivity index (χ2v) is 5.92. The van der Waals surface area contributed by atoms with Crippen molar-refractivity contribution in [2.75, 3.05) is 32.8 Å². The van der Waals surface area contributed by atoms with Crippen LogP contribution in [0.1, 0.15) is 18.1 Å². The van der Waals surface area contributed by atoms with Crippen molar-refractivity contribution in [1.82, 2.24) is 9.80 Å². The first kappa shape index (κ1) is 17.3. The van der Waals surface area contributed by atoms with Gasteiger partial charge >= 0.3 is 5.97 Å². The molecule has 23 heavy (non-hydrogen) atoms. The number of rotatable bonds is 5. The minimum Gasteiger partial charge on any atom is -0.483 e. The lowest BCUT2D eigenvalue weighted by molar-refractivity contribution is -0.144. The largest absolute Gasteiger partial charge is 0.483 e. The molecular weight excluding hydrogens is 296 g/mol. The molecule has 0 aliphatic carbocycles. The van der Waals surface area contributed by atoms with Gasteiger partial charge in [-0.1, -0.05) is 12.1 Å². The third-order valence-electron chi connectivity index (χ3n) is 4.48. The number of carboxylic acid groups (broad SMARTS) is 1. The summed E-state index contributed by atoms with van der Waals surface area (Å²) < 4.78 is 5.65. The van der Waals surface area contributed by atoms with Crippen LogP contribution in [-0.4, -0.2) is 65.6 Å². The molecule has 1 N–H and O–H groups in total. The van der Waals surface area contributed by atoms with E-state index in [1.54, 1.807) is 11.8 Å². The molecule has 1 amide bonds. The Kier molecular flexibility index (Phi) is 5.60. The molecule has 126 valence electrons. The number of carbonyl (C=O) groups excluding carboxylic acids is 1. The molecule has 0 aromatic heterocycles. The second kappa shape index (κ2) is 7.46. The van der Waals surface area contributed by atoms with Gasteiger partial charge < -0.3 is 14.7 Å². The first-order valence-corrected chi connectivity index (χ1v) is 7.83. The zero-order chi connectivity index (χ0) is 17.0. The number of hydrogen-bond acceptors (Lipinski definition) is 4. The molecule has 2 rings (SSSR count). The Morgan fingerprint density at radius 1 is 1.22 bits per heavy atom. The first-order valence-electron chi connectivity index (χ1n) is 7.83. The van der Waals surface area contributed by atoms with E-state index in [4.69, 9.17) is 9.84 Å². The number of hydrogen-bond donors (Lipinski definition) is 1. The molecule has 1 heterocycles. The van der Waals surface area contributed by atoms with E-state index < -0.39 is 12.0 Å². The summed E-state index contributed by atoms with van der Waals surface area (Å²) in [7, 11) is 0. The van der Waals surface area contributed by atoms with Gasteiger partial charge in [0.1, 0.15) is 11.8 Å². The average Bonchev–Trinajstić information content (AvgIpc) is 2.55. The van der Waals surface area contributed by atoms with Crippen LogP contribution < -0.4 is 4.74 Å². The van der Waals surface area contributed by atoms with Crippen LogP contribution in [0.2, 0.25) is 0 Å². The summed E-state index contributed by atoms with van der Waals surface area (Å²) in [6, 6.07) is 5.27. The van der Waals surface area contributed by atoms with Gasteiger partial charge in [-0.15, -0.1) is 0 Å². The van der Waals surface area contributed by atoms with Gasteiger partial charge in [0.05, 0.1) is 0 Å². The molecule has 1 aromatic carbocycles. The Morgan fingerprint density at radius 3 is 2.48 bits per heavy atom. The Bertz CT molecular complexity index is 580. The number of piperazine rings is 1. The van der Waals surface area contributed by atoms with Crippen molar-refractivity contribution in [1.29, 1.82) is 0 Å². The van der Waals surface area contributed by atoms with Crippen LogP contribution in [0, 0.1) is 13.8 Å². The maximum Gasteiger partial charge on any atom is 0.320 e. The molecule has 1 aliphatic rings. The fraction of sp³-hybridized carbons (Fsp3) is 0.529. The number of carbonyl (C=O) groups is 2. The molecule has 0 spiro atoms. The zero-order valence-corrected chi connectivity index (χ0v) is 13.9. The van der Waals surface area contributed by atoms with Crippen LogP contribution in [0.3, 0.4) is 0 Å². The second-order valence-electron chi connectivity index (χ2n) is 5.92. The predicted molar refractivity (Wildman–Crippen MR) is 86.7 cm³/mol. The Balaban J connectivity index is 1.84. The monoisotopic (exact) mass is 320 g/mol. The number of carboxylic acids is 1. The number of nitrogens with zero attached hydrogens (tertiary/aromatic N) is 2. The summed E-state index contributed by atoms with van der Waals surface area (Å²) in [6.45, 7) is 7.88. The highest BCUT2D eigenvalue weighted by atomic mass is 16.5. The molecule has 1 aromatic rings. The Labute approximate surface area is 136 Å². The molecule has 0 saturated carbocycles. The molecule has 1 saturated heterocycles. The Morgan fingerprint density at radius 2 is 1.87 bits per heavy atom. The van der Waals surface area contributed by atoms with Crippen LogP contribution in [-0.2, 0) is 9.59 Å². The standard InChI is InChI=1S/C17H24N2O4/c1-12-5-4-6-15(13(12)2)23-11-16(20)19-9-7-18(8-10-19)14(3)17(21)22/h4-6,14H,7-11H2,1-3H3,(H,21,22). The highest BCUT2D eigenvalue weighted by Crippen LogP contribution is 2.20. The molecule has 6 heteroatoms. The lowest BCUT2D eigenvalue weighted by Gasteiger charge is -2.36. The quantitative estimate of drug-likeness (QED) is 0.885. The van der Waals surface area contributed by atoms with Gasteiger partial charge in [0.15, 0.2) is 6.61 Å². The highest BCUT2D eigenvalue weighted by molar-refractivity contribution is 5.78. The number of amides is 1. The predicted octanol–water partition coefficient (Wildman–Crippen LogP) is 1.30. The van der Waals surface area contributed by atoms with Crippen LogP contribution >= 0.6 is 0 Å². The van der Waals surface area contributed by atoms with Gasteiger partial charge in [-0.05, 0) is 38.0 Å². The van der Waals surface area contributed by atoms with E-state index in [2.05, 4.69) is 0 Å². The molecule has 0 bridgehead atoms. The molecule has 0 radical (unpaired) electrons. The number of aryl methyl sites for hydroxylation is 1. The van der Waals surface area contributed by atoms with E-state index in [1.807, 2.05) is 36.9 Å². The fourth-order valence-electron chi connectivity index (χ4n) is 2.63. The van der Waals surface area contributed by atoms with Crippen molar-refractivity contribution >= 4 is 11.9 Å². The molecule has 1 aliphatic heterocycles. The van der Waals surface area contributed by atoms with Crippen molar-refractivity contribution in [3.63, 3.8) is 0 Å². The minimum absolute atomic E-state index is 0.0127. The van der Waals surface area contributed by atoms with E-state index in [-0.39, 0.29) is 12.5 Å². The van der Waals surface area contributed by atoms with E-state index in [0.717, 1.165) is 16.9 Å². The topological polar surface area (TPSA) is 70.1 Å². The molecule has 1 atom stereocenters. The lowest BCUT2D eigenvalue weighted by Crippen LogP contribution is -2.53. The van der Waals surface area contributed by atoms with Crippen molar-refractivity contribution in [2.45, 2.75) is 26.8 Å². The van der Waals surface area contributed by atoms with Crippen molar-refractivity contribution in [3.05, 3.63) is 29.3 Å². The van der Waals surface area contributed by atoms with E-state index in [1.165, 1.54) is 0 Å². The maximum atomic E-state index is 12.2. The number of aliphatic carboxylic acids is 1. The van der Waals surface area contributed by atoms with Gasteiger partial charge in [0, 0.05) is 26.2 Å². The van der Waals surface area contributed by atoms with Crippen LogP contribution in [0.4, 0.5) is 0 Å². The van der Waals surface area contributed by atoms with E-state index in [0.29, 0.717) is 26.2 Å². The summed E-state index contributed by atoms with van der Waals surface area (Å²) in [5.74, 6) is -0.159. The first-order chi connectivity index (χ1) is 10.9. The van der Waals surface area contributed by atoms with Gasteiger partial charge in [0.2, 0.25) is 0 Å². The maximum absolute atomic E-state index is 12.2. The SMILES string of the molecule is Cc1cccc(OCC(=O)N2CCN(C(C)C(=O)O)CC2)c1C. The van der Waals surface area contributed by atoms with Gasteiger partial charge in [-0.25, -0.2) is 0 Å². The van der Waals surface area contributed by atoms with Gasteiger partial charge in [0.25, 0.3) is 5.91 Å². The van der Waals surface area contributed by atoms with Crippen LogP contribution in [0.5, 0.6) is 5.75 Å². The van der Waals surface area contributed by atoms with Crippen molar-refractivity contribution in [3.8, 4) is 5.75 Å². The van der Waals surface area contributed by atoms with E-state index >= 15 is 0 Å². The average molecular weight is 320 g/mol. The minimum atomic E-state index is -0.831. The smallest absolute Gasteiger partial charge is 0.320 e. The van der Waals surface area contributed by atoms with Crippen molar-refractivity contribution < 1.29 is 19.4 Å². The summed E-state index contributed by atoms with van der Waals surface area (Å²) in [4.78, 5) is 26.8. The third kappa shape index (κ3) is 4.22. The number of ether oxygens (including phenoxy) is 1. The normalized spacial score (nSPS) is 16.9. The summed E-state index contributed by atoms with van der Waals surface area (Å²) in [5, 5.41) is 9.03. The van der Waals surface area contributed by atoms with Gasteiger partial charge in [-0.2, -0.15) is 0 Å². The lowest BCUT2D eigenvalue weighted by atomic mass is 10.1. The third-order valence-corrected chi connectivity index (χ3v) is 4.48. The van der Waals surface area contributed by atoms with Crippen molar-refractivity contribution in [2.24, 2.45) is 0 Å². The van der Waals surface area contributed by atoms with Crippen LogP contribution in [0.15, 0.2) is 18.2 Å². The molecule has 1 fully saturated rings. The van der Waals surface area contributed by atoms with Gasteiger partial charge in [-0.3, -0.25) is 14.5 Å². The zero-order valence-electron chi connectivity index (χ0n) is 13.9. The van der Waals surface area contributed by atoms with Crippen LogP contribution in [0.25, 0.3) is 0 Å². The molecule has 1 unspecified atom stereocenters. The molecule has 6 nitrogen and oxygen atoms in total. The van der Waals surface area contributed by atoms with E-state index in [9.17, 15) is 9.59 Å².